The van der Waals surface area contributed by atoms with Crippen LogP contribution in [0.1, 0.15) is 13.3 Å². The van der Waals surface area contributed by atoms with Crippen LogP contribution in [0, 0.1) is 0 Å². The molecular weight excluding hydrogens is 220 g/mol. The normalized spacial score (nSPS) is 13.3. The van der Waals surface area contributed by atoms with E-state index in [-0.39, 0.29) is 0 Å². The summed E-state index contributed by atoms with van der Waals surface area (Å²) in [5.74, 6) is -1.06. The van der Waals surface area contributed by atoms with Gasteiger partial charge in [-0.25, -0.2) is 0 Å². The molecule has 6 nitrogen and oxygen atoms in total. The first-order valence-electron chi connectivity index (χ1n) is 4.28. The van der Waals surface area contributed by atoms with E-state index >= 15 is 0 Å². The summed E-state index contributed by atoms with van der Waals surface area (Å²) in [6.45, 7) is 1.42. The van der Waals surface area contributed by atoms with E-state index in [1.807, 2.05) is 6.26 Å². The molecule has 0 aromatic carbocycles. The van der Waals surface area contributed by atoms with Crippen molar-refractivity contribution in [3.05, 3.63) is 0 Å². The third-order valence-electron chi connectivity index (χ3n) is 1.34. The summed E-state index contributed by atoms with van der Waals surface area (Å²) < 4.78 is 0. The van der Waals surface area contributed by atoms with Gasteiger partial charge in [-0.15, -0.1) is 0 Å². The Morgan fingerprint density at radius 2 is 1.67 bits per heavy atom. The number of hydrogen-bond acceptors (Lipinski definition) is 5. The lowest BCUT2D eigenvalue weighted by Gasteiger charge is -2.02. The van der Waals surface area contributed by atoms with Crippen LogP contribution in [0.4, 0.5) is 0 Å². The second kappa shape index (κ2) is 9.75. The fourth-order valence-electron chi connectivity index (χ4n) is 0.368. The number of carbonyl (C=O) groups is 2. The Morgan fingerprint density at radius 1 is 1.27 bits per heavy atom. The standard InChI is InChI=1S/C5H11NO2S.C3H7NO2/c1-9-3-2-4(6)5(7)8;1-2(4)3(5)6/h4H,2-3,6H2,1H3,(H,7,8);2H,4H2,1H3,(H,5,6). The lowest BCUT2D eigenvalue weighted by molar-refractivity contribution is -0.139. The third kappa shape index (κ3) is 13.2. The fourth-order valence-corrected chi connectivity index (χ4v) is 0.858. The Bertz CT molecular complexity index is 199. The molecule has 0 fully saturated rings. The Morgan fingerprint density at radius 3 is 1.87 bits per heavy atom. The summed E-state index contributed by atoms with van der Waals surface area (Å²) in [7, 11) is 0. The molecule has 2 atom stereocenters. The number of nitrogens with two attached hydrogens (primary N) is 2. The summed E-state index contributed by atoms with van der Waals surface area (Å²) in [6.07, 6.45) is 2.48. The van der Waals surface area contributed by atoms with E-state index < -0.39 is 24.0 Å². The van der Waals surface area contributed by atoms with Gasteiger partial charge in [-0.2, -0.15) is 11.8 Å². The highest BCUT2D eigenvalue weighted by molar-refractivity contribution is 7.98. The monoisotopic (exact) mass is 238 g/mol. The van der Waals surface area contributed by atoms with Crippen molar-refractivity contribution < 1.29 is 19.8 Å². The van der Waals surface area contributed by atoms with Crippen molar-refractivity contribution in [3.8, 4) is 0 Å². The maximum absolute atomic E-state index is 10.1. The quantitative estimate of drug-likeness (QED) is 0.511. The number of thioether (sulfide) groups is 1. The van der Waals surface area contributed by atoms with Crippen molar-refractivity contribution in [1.82, 2.24) is 0 Å². The third-order valence-corrected chi connectivity index (χ3v) is 1.98. The largest absolute Gasteiger partial charge is 0.480 e. The highest BCUT2D eigenvalue weighted by atomic mass is 32.2. The van der Waals surface area contributed by atoms with Crippen LogP contribution in [0.3, 0.4) is 0 Å². The van der Waals surface area contributed by atoms with Crippen molar-refractivity contribution in [2.24, 2.45) is 11.5 Å². The summed E-state index contributed by atoms with van der Waals surface area (Å²) in [5.41, 5.74) is 10.0. The van der Waals surface area contributed by atoms with Crippen LogP contribution < -0.4 is 11.5 Å². The Labute approximate surface area is 93.0 Å². The van der Waals surface area contributed by atoms with Crippen molar-refractivity contribution in [2.45, 2.75) is 25.4 Å². The van der Waals surface area contributed by atoms with Gasteiger partial charge in [-0.05, 0) is 25.4 Å². The van der Waals surface area contributed by atoms with E-state index in [4.69, 9.17) is 21.7 Å². The number of rotatable bonds is 5. The maximum Gasteiger partial charge on any atom is 0.320 e. The van der Waals surface area contributed by atoms with Crippen molar-refractivity contribution in [2.75, 3.05) is 12.0 Å². The van der Waals surface area contributed by atoms with Crippen molar-refractivity contribution >= 4 is 23.7 Å². The van der Waals surface area contributed by atoms with Crippen LogP contribution in [0.2, 0.25) is 0 Å². The molecule has 0 saturated carbocycles. The molecule has 0 amide bonds. The summed E-state index contributed by atoms with van der Waals surface area (Å²) >= 11 is 1.60. The second-order valence-corrected chi connectivity index (χ2v) is 3.84. The first-order chi connectivity index (χ1) is 6.82. The topological polar surface area (TPSA) is 127 Å². The van der Waals surface area contributed by atoms with Crippen molar-refractivity contribution in [1.29, 1.82) is 0 Å². The molecule has 6 N–H and O–H groups in total. The average molecular weight is 238 g/mol. The number of aliphatic carboxylic acids is 2. The van der Waals surface area contributed by atoms with E-state index in [9.17, 15) is 9.59 Å². The molecule has 0 aromatic heterocycles. The highest BCUT2D eigenvalue weighted by Gasteiger charge is 2.08. The van der Waals surface area contributed by atoms with Gasteiger partial charge in [0.2, 0.25) is 0 Å². The molecular formula is C8H18N2O4S. The Hall–Kier alpha value is -0.790. The maximum atomic E-state index is 10.1. The zero-order valence-corrected chi connectivity index (χ0v) is 9.66. The minimum absolute atomic E-state index is 0.552. The van der Waals surface area contributed by atoms with E-state index in [0.717, 1.165) is 5.75 Å². The summed E-state index contributed by atoms with van der Waals surface area (Å²) in [6, 6.07) is -1.41. The molecule has 15 heavy (non-hydrogen) atoms. The molecule has 0 rings (SSSR count). The zero-order chi connectivity index (χ0) is 12.4. The number of carboxylic acids is 2. The molecule has 2 unspecified atom stereocenters. The van der Waals surface area contributed by atoms with Crippen LogP contribution >= 0.6 is 11.8 Å². The minimum Gasteiger partial charge on any atom is -0.480 e. The molecule has 0 heterocycles. The van der Waals surface area contributed by atoms with Crippen LogP contribution in [0.15, 0.2) is 0 Å². The van der Waals surface area contributed by atoms with Crippen LogP contribution in [0.5, 0.6) is 0 Å². The second-order valence-electron chi connectivity index (χ2n) is 2.85. The van der Waals surface area contributed by atoms with Gasteiger partial charge in [0.1, 0.15) is 12.1 Å². The molecule has 0 aliphatic rings. The number of hydrogen-bond donors (Lipinski definition) is 4. The molecule has 0 bridgehead atoms. The molecule has 0 aliphatic heterocycles. The molecule has 0 radical (unpaired) electrons. The fraction of sp³-hybridized carbons (Fsp3) is 0.750. The van der Waals surface area contributed by atoms with Gasteiger partial charge in [0.15, 0.2) is 0 Å². The van der Waals surface area contributed by atoms with Gasteiger partial charge in [0, 0.05) is 0 Å². The van der Waals surface area contributed by atoms with E-state index in [0.29, 0.717) is 6.42 Å². The molecule has 0 spiro atoms. The minimum atomic E-state index is -0.963. The molecule has 90 valence electrons. The predicted octanol–water partition coefficient (Wildman–Crippen LogP) is -0.430. The van der Waals surface area contributed by atoms with E-state index in [1.54, 1.807) is 11.8 Å². The predicted molar refractivity (Wildman–Crippen MR) is 59.9 cm³/mol. The molecule has 0 aromatic rings. The number of carboxylic acid groups (broad SMARTS) is 2. The van der Waals surface area contributed by atoms with Gasteiger partial charge < -0.3 is 21.7 Å². The van der Waals surface area contributed by atoms with Crippen LogP contribution in [-0.4, -0.2) is 46.2 Å². The Kier molecular flexibility index (Phi) is 10.8. The zero-order valence-electron chi connectivity index (χ0n) is 8.84. The van der Waals surface area contributed by atoms with E-state index in [1.165, 1.54) is 6.92 Å². The average Bonchev–Trinajstić information content (AvgIpc) is 2.14. The van der Waals surface area contributed by atoms with Crippen molar-refractivity contribution in [3.63, 3.8) is 0 Å². The van der Waals surface area contributed by atoms with Gasteiger partial charge >= 0.3 is 11.9 Å². The summed E-state index contributed by atoms with van der Waals surface area (Å²) in [4.78, 5) is 19.6. The first kappa shape index (κ1) is 16.6. The lowest BCUT2D eigenvalue weighted by atomic mass is 10.2. The first-order valence-corrected chi connectivity index (χ1v) is 5.68. The molecule has 0 saturated heterocycles. The van der Waals surface area contributed by atoms with Gasteiger partial charge in [0.05, 0.1) is 0 Å². The van der Waals surface area contributed by atoms with Crippen LogP contribution in [0.25, 0.3) is 0 Å². The Balaban J connectivity index is 0. The summed E-state index contributed by atoms with van der Waals surface area (Å²) in [5, 5.41) is 16.1. The lowest BCUT2D eigenvalue weighted by Crippen LogP contribution is -2.30. The van der Waals surface area contributed by atoms with Gasteiger partial charge in [-0.3, -0.25) is 9.59 Å². The van der Waals surface area contributed by atoms with E-state index in [2.05, 4.69) is 0 Å². The SMILES string of the molecule is CC(N)C(=O)O.CSCCC(N)C(=O)O. The van der Waals surface area contributed by atoms with Crippen LogP contribution in [-0.2, 0) is 9.59 Å². The molecule has 7 heteroatoms. The van der Waals surface area contributed by atoms with Gasteiger partial charge in [-0.1, -0.05) is 0 Å². The highest BCUT2D eigenvalue weighted by Crippen LogP contribution is 1.97. The smallest absolute Gasteiger partial charge is 0.320 e. The van der Waals surface area contributed by atoms with Gasteiger partial charge in [0.25, 0.3) is 0 Å². The molecule has 0 aliphatic carbocycles.